The minimum Gasteiger partial charge on any atom is -0.495 e. The second kappa shape index (κ2) is 8.02. The van der Waals surface area contributed by atoms with Gasteiger partial charge in [0.1, 0.15) is 11.8 Å². The third-order valence-electron chi connectivity index (χ3n) is 4.90. The van der Waals surface area contributed by atoms with Crippen LogP contribution in [0.25, 0.3) is 11.4 Å². The lowest BCUT2D eigenvalue weighted by Crippen LogP contribution is -2.32. The van der Waals surface area contributed by atoms with Crippen LogP contribution in [0.4, 0.5) is 0 Å². The Morgan fingerprint density at radius 1 is 1.29 bits per heavy atom. The second-order valence-electron chi connectivity index (χ2n) is 6.71. The molecule has 1 amide bonds. The second-order valence-corrected chi connectivity index (χ2v) is 7.12. The average Bonchev–Trinajstić information content (AvgIpc) is 3.38. The molecule has 0 bridgehead atoms. The van der Waals surface area contributed by atoms with Gasteiger partial charge >= 0.3 is 0 Å². The van der Waals surface area contributed by atoms with Crippen LogP contribution in [0.2, 0.25) is 5.02 Å². The highest BCUT2D eigenvalue weighted by Gasteiger charge is 2.34. The van der Waals surface area contributed by atoms with Crippen LogP contribution < -0.4 is 4.74 Å². The van der Waals surface area contributed by atoms with Gasteiger partial charge < -0.3 is 14.2 Å². The van der Waals surface area contributed by atoms with E-state index in [0.29, 0.717) is 29.0 Å². The van der Waals surface area contributed by atoms with Crippen LogP contribution in [0.1, 0.15) is 30.3 Å². The van der Waals surface area contributed by atoms with Gasteiger partial charge in [-0.25, -0.2) is 0 Å². The van der Waals surface area contributed by atoms with Crippen LogP contribution in [0, 0.1) is 0 Å². The number of hydrogen-bond donors (Lipinski definition) is 0. The molecule has 4 rings (SSSR count). The number of hydrogen-bond acceptors (Lipinski definition) is 5. The first kappa shape index (κ1) is 18.5. The molecule has 7 heteroatoms. The standard InChI is InChI=1S/C21H20ClN3O3/c1-27-18-10-9-14(12-16(18)22)13-19(26)25-11-5-8-17(25)21-23-20(24-28-21)15-6-3-2-4-7-15/h2-4,6-7,9-10,12,17H,5,8,11,13H2,1H3. The van der Waals surface area contributed by atoms with E-state index < -0.39 is 0 Å². The van der Waals surface area contributed by atoms with Crippen LogP contribution in [-0.4, -0.2) is 34.6 Å². The zero-order valence-electron chi connectivity index (χ0n) is 15.5. The molecule has 1 aromatic heterocycles. The fourth-order valence-corrected chi connectivity index (χ4v) is 3.77. The van der Waals surface area contributed by atoms with Crippen molar-refractivity contribution in [1.29, 1.82) is 0 Å². The molecule has 2 aromatic carbocycles. The van der Waals surface area contributed by atoms with Gasteiger partial charge in [-0.3, -0.25) is 4.79 Å². The number of amides is 1. The van der Waals surface area contributed by atoms with Crippen LogP contribution in [-0.2, 0) is 11.2 Å². The Labute approximate surface area is 168 Å². The molecule has 0 aliphatic carbocycles. The SMILES string of the molecule is COc1ccc(CC(=O)N2CCCC2c2nc(-c3ccccc3)no2)cc1Cl. The number of nitrogens with zero attached hydrogens (tertiary/aromatic N) is 3. The van der Waals surface area contributed by atoms with Crippen LogP contribution >= 0.6 is 11.6 Å². The van der Waals surface area contributed by atoms with Crippen molar-refractivity contribution in [3.63, 3.8) is 0 Å². The summed E-state index contributed by atoms with van der Waals surface area (Å²) in [6, 6.07) is 14.9. The summed E-state index contributed by atoms with van der Waals surface area (Å²) in [6.45, 7) is 0.677. The number of rotatable bonds is 5. The maximum Gasteiger partial charge on any atom is 0.249 e. The minimum absolute atomic E-state index is 0.0168. The van der Waals surface area contributed by atoms with E-state index in [-0.39, 0.29) is 18.4 Å². The molecule has 2 heterocycles. The van der Waals surface area contributed by atoms with Crippen molar-refractivity contribution in [3.8, 4) is 17.1 Å². The lowest BCUT2D eigenvalue weighted by atomic mass is 10.1. The van der Waals surface area contributed by atoms with Gasteiger partial charge in [0, 0.05) is 12.1 Å². The quantitative estimate of drug-likeness (QED) is 0.641. The van der Waals surface area contributed by atoms with Gasteiger partial charge in [0.05, 0.1) is 18.6 Å². The van der Waals surface area contributed by atoms with Crippen molar-refractivity contribution in [2.75, 3.05) is 13.7 Å². The number of carbonyl (C=O) groups excluding carboxylic acids is 1. The molecule has 144 valence electrons. The summed E-state index contributed by atoms with van der Waals surface area (Å²) in [6.07, 6.45) is 1.98. The molecule has 1 unspecified atom stereocenters. The van der Waals surface area contributed by atoms with E-state index in [2.05, 4.69) is 10.1 Å². The summed E-state index contributed by atoms with van der Waals surface area (Å²) in [7, 11) is 1.56. The van der Waals surface area contributed by atoms with Crippen LogP contribution in [0.5, 0.6) is 5.75 Å². The molecule has 1 aliphatic heterocycles. The van der Waals surface area contributed by atoms with E-state index in [9.17, 15) is 4.79 Å². The van der Waals surface area contributed by atoms with E-state index in [1.165, 1.54) is 0 Å². The Morgan fingerprint density at radius 2 is 2.11 bits per heavy atom. The van der Waals surface area contributed by atoms with Crippen molar-refractivity contribution in [2.45, 2.75) is 25.3 Å². The molecule has 1 fully saturated rings. The van der Waals surface area contributed by atoms with Gasteiger partial charge in [0.15, 0.2) is 0 Å². The van der Waals surface area contributed by atoms with E-state index in [1.807, 2.05) is 41.3 Å². The predicted octanol–water partition coefficient (Wildman–Crippen LogP) is 4.30. The Bertz CT molecular complexity index is 974. The molecule has 1 aliphatic rings. The molecule has 1 atom stereocenters. The summed E-state index contributed by atoms with van der Waals surface area (Å²) in [5.41, 5.74) is 1.73. The highest BCUT2D eigenvalue weighted by molar-refractivity contribution is 6.32. The molecule has 3 aromatic rings. The molecular weight excluding hydrogens is 378 g/mol. The Morgan fingerprint density at radius 3 is 2.86 bits per heavy atom. The normalized spacial score (nSPS) is 16.4. The van der Waals surface area contributed by atoms with E-state index in [1.54, 1.807) is 19.2 Å². The van der Waals surface area contributed by atoms with E-state index >= 15 is 0 Å². The summed E-state index contributed by atoms with van der Waals surface area (Å²) in [5, 5.41) is 4.58. The van der Waals surface area contributed by atoms with Gasteiger partial charge in [-0.05, 0) is 30.5 Å². The van der Waals surface area contributed by atoms with Gasteiger partial charge in [-0.1, -0.05) is 53.2 Å². The first-order chi connectivity index (χ1) is 13.7. The highest BCUT2D eigenvalue weighted by atomic mass is 35.5. The lowest BCUT2D eigenvalue weighted by Gasteiger charge is -2.22. The first-order valence-electron chi connectivity index (χ1n) is 9.16. The predicted molar refractivity (Wildman–Crippen MR) is 105 cm³/mol. The number of ether oxygens (including phenoxy) is 1. The van der Waals surface area contributed by atoms with Crippen molar-refractivity contribution in [1.82, 2.24) is 15.0 Å². The number of likely N-dealkylation sites (tertiary alicyclic amines) is 1. The summed E-state index contributed by atoms with van der Waals surface area (Å²) < 4.78 is 10.7. The highest BCUT2D eigenvalue weighted by Crippen LogP contribution is 2.33. The zero-order chi connectivity index (χ0) is 19.5. The van der Waals surface area contributed by atoms with Crippen LogP contribution in [0.15, 0.2) is 53.1 Å². The third kappa shape index (κ3) is 3.73. The lowest BCUT2D eigenvalue weighted by molar-refractivity contribution is -0.131. The first-order valence-corrected chi connectivity index (χ1v) is 9.54. The van der Waals surface area contributed by atoms with Crippen LogP contribution in [0.3, 0.4) is 0 Å². The zero-order valence-corrected chi connectivity index (χ0v) is 16.2. The average molecular weight is 398 g/mol. The molecule has 0 N–H and O–H groups in total. The number of methoxy groups -OCH3 is 1. The van der Waals surface area contributed by atoms with Gasteiger partial charge in [0.2, 0.25) is 17.6 Å². The Kier molecular flexibility index (Phi) is 5.30. The van der Waals surface area contributed by atoms with E-state index in [4.69, 9.17) is 20.9 Å². The van der Waals surface area contributed by atoms with Gasteiger partial charge in [0.25, 0.3) is 0 Å². The molecule has 28 heavy (non-hydrogen) atoms. The van der Waals surface area contributed by atoms with Gasteiger partial charge in [-0.2, -0.15) is 4.98 Å². The summed E-state index contributed by atoms with van der Waals surface area (Å²) >= 11 is 6.18. The molecular formula is C21H20ClN3O3. The maximum absolute atomic E-state index is 12.9. The third-order valence-corrected chi connectivity index (χ3v) is 5.20. The fraction of sp³-hybridized carbons (Fsp3) is 0.286. The van der Waals surface area contributed by atoms with Gasteiger partial charge in [-0.15, -0.1) is 0 Å². The summed E-state index contributed by atoms with van der Waals surface area (Å²) in [4.78, 5) is 19.3. The minimum atomic E-state index is -0.189. The molecule has 0 saturated carbocycles. The number of halogens is 1. The number of aromatic nitrogens is 2. The number of benzene rings is 2. The Hall–Kier alpha value is -2.86. The molecule has 0 spiro atoms. The van der Waals surface area contributed by atoms with Crippen molar-refractivity contribution in [3.05, 3.63) is 65.0 Å². The summed E-state index contributed by atoms with van der Waals surface area (Å²) in [5.74, 6) is 1.63. The van der Waals surface area contributed by atoms with E-state index in [0.717, 1.165) is 24.0 Å². The molecule has 0 radical (unpaired) electrons. The largest absolute Gasteiger partial charge is 0.495 e. The van der Waals surface area contributed by atoms with Crippen molar-refractivity contribution < 1.29 is 14.1 Å². The van der Waals surface area contributed by atoms with Crippen molar-refractivity contribution in [2.24, 2.45) is 0 Å². The van der Waals surface area contributed by atoms with Crippen molar-refractivity contribution >= 4 is 17.5 Å². The number of carbonyl (C=O) groups is 1. The molecule has 1 saturated heterocycles. The smallest absolute Gasteiger partial charge is 0.249 e. The maximum atomic E-state index is 12.9. The fourth-order valence-electron chi connectivity index (χ4n) is 3.49. The Balaban J connectivity index is 1.50. The topological polar surface area (TPSA) is 68.5 Å². The monoisotopic (exact) mass is 397 g/mol. The molecule has 6 nitrogen and oxygen atoms in total.